The van der Waals surface area contributed by atoms with E-state index in [9.17, 15) is 14.7 Å². The lowest BCUT2D eigenvalue weighted by atomic mass is 9.84. The molecule has 98 valence electrons. The number of carboxylic acid groups (broad SMARTS) is 1. The second-order valence-electron chi connectivity index (χ2n) is 5.45. The van der Waals surface area contributed by atoms with Gasteiger partial charge in [0.25, 0.3) is 0 Å². The molecule has 1 fully saturated rings. The van der Waals surface area contributed by atoms with E-state index in [-0.39, 0.29) is 17.9 Å². The molecule has 5 heteroatoms. The standard InChI is InChI=1S/C12H22N2O3/c1-7(2)9(13)10(15)14-8-5-4-6-12(8,3)11(16)17/h7-9H,4-6,13H2,1-3H3,(H,14,15)(H,16,17). The lowest BCUT2D eigenvalue weighted by Gasteiger charge is -2.29. The molecule has 0 radical (unpaired) electrons. The van der Waals surface area contributed by atoms with Crippen LogP contribution in [0, 0.1) is 11.3 Å². The Bertz CT molecular complexity index is 317. The molecule has 1 amide bonds. The first kappa shape index (κ1) is 14.0. The molecule has 4 N–H and O–H groups in total. The molecular formula is C12H22N2O3. The van der Waals surface area contributed by atoms with E-state index in [0.717, 1.165) is 6.42 Å². The van der Waals surface area contributed by atoms with Crippen LogP contribution in [0.25, 0.3) is 0 Å². The summed E-state index contributed by atoms with van der Waals surface area (Å²) in [7, 11) is 0. The molecule has 5 nitrogen and oxygen atoms in total. The molecule has 0 aromatic carbocycles. The molecule has 0 aliphatic heterocycles. The predicted molar refractivity (Wildman–Crippen MR) is 64.3 cm³/mol. The molecule has 0 heterocycles. The summed E-state index contributed by atoms with van der Waals surface area (Å²) in [4.78, 5) is 23.1. The van der Waals surface area contributed by atoms with Gasteiger partial charge in [0.2, 0.25) is 5.91 Å². The van der Waals surface area contributed by atoms with Crippen LogP contribution in [-0.4, -0.2) is 29.1 Å². The van der Waals surface area contributed by atoms with Gasteiger partial charge in [-0.25, -0.2) is 0 Å². The topological polar surface area (TPSA) is 92.4 Å². The van der Waals surface area contributed by atoms with E-state index in [1.54, 1.807) is 6.92 Å². The van der Waals surface area contributed by atoms with E-state index < -0.39 is 17.4 Å². The van der Waals surface area contributed by atoms with Gasteiger partial charge in [-0.15, -0.1) is 0 Å². The maximum absolute atomic E-state index is 11.8. The lowest BCUT2D eigenvalue weighted by molar-refractivity contribution is -0.149. The monoisotopic (exact) mass is 242 g/mol. The van der Waals surface area contributed by atoms with Gasteiger partial charge < -0.3 is 16.2 Å². The van der Waals surface area contributed by atoms with Gasteiger partial charge in [-0.2, -0.15) is 0 Å². The maximum atomic E-state index is 11.8. The fourth-order valence-corrected chi connectivity index (χ4v) is 2.22. The Hall–Kier alpha value is -1.10. The van der Waals surface area contributed by atoms with Gasteiger partial charge in [0.1, 0.15) is 0 Å². The largest absolute Gasteiger partial charge is 0.481 e. The Morgan fingerprint density at radius 1 is 1.47 bits per heavy atom. The van der Waals surface area contributed by atoms with Crippen molar-refractivity contribution < 1.29 is 14.7 Å². The lowest BCUT2D eigenvalue weighted by Crippen LogP contribution is -2.53. The van der Waals surface area contributed by atoms with Crippen molar-refractivity contribution in [2.75, 3.05) is 0 Å². The van der Waals surface area contributed by atoms with Crippen molar-refractivity contribution in [2.24, 2.45) is 17.1 Å². The predicted octanol–water partition coefficient (Wildman–Crippen LogP) is 0.729. The van der Waals surface area contributed by atoms with Crippen LogP contribution >= 0.6 is 0 Å². The van der Waals surface area contributed by atoms with Crippen molar-refractivity contribution in [1.82, 2.24) is 5.32 Å². The molecule has 3 unspecified atom stereocenters. The van der Waals surface area contributed by atoms with Crippen LogP contribution in [0.15, 0.2) is 0 Å². The average molecular weight is 242 g/mol. The van der Waals surface area contributed by atoms with Crippen molar-refractivity contribution in [2.45, 2.75) is 52.1 Å². The van der Waals surface area contributed by atoms with E-state index in [0.29, 0.717) is 12.8 Å². The van der Waals surface area contributed by atoms with E-state index in [1.165, 1.54) is 0 Å². The highest BCUT2D eigenvalue weighted by Crippen LogP contribution is 2.38. The van der Waals surface area contributed by atoms with E-state index in [4.69, 9.17) is 5.73 Å². The molecule has 1 aliphatic rings. The summed E-state index contributed by atoms with van der Waals surface area (Å²) in [5.41, 5.74) is 4.89. The Labute approximate surface area is 102 Å². The molecule has 0 spiro atoms. The third kappa shape index (κ3) is 2.77. The quantitative estimate of drug-likeness (QED) is 0.677. The van der Waals surface area contributed by atoms with Crippen LogP contribution in [0.2, 0.25) is 0 Å². The second-order valence-corrected chi connectivity index (χ2v) is 5.45. The van der Waals surface area contributed by atoms with Crippen LogP contribution in [0.1, 0.15) is 40.0 Å². The Balaban J connectivity index is 2.69. The van der Waals surface area contributed by atoms with Gasteiger partial charge in [0.15, 0.2) is 0 Å². The fraction of sp³-hybridized carbons (Fsp3) is 0.833. The summed E-state index contributed by atoms with van der Waals surface area (Å²) in [6, 6.07) is -0.883. The third-order valence-corrected chi connectivity index (χ3v) is 3.78. The number of amides is 1. The van der Waals surface area contributed by atoms with Gasteiger partial charge in [0.05, 0.1) is 11.5 Å². The summed E-state index contributed by atoms with van der Waals surface area (Å²) in [6.45, 7) is 5.43. The zero-order valence-corrected chi connectivity index (χ0v) is 10.7. The first-order valence-electron chi connectivity index (χ1n) is 6.08. The Kier molecular flexibility index (Phi) is 4.14. The van der Waals surface area contributed by atoms with E-state index in [1.807, 2.05) is 13.8 Å². The second kappa shape index (κ2) is 5.04. The van der Waals surface area contributed by atoms with Crippen molar-refractivity contribution in [3.63, 3.8) is 0 Å². The van der Waals surface area contributed by atoms with Crippen LogP contribution in [-0.2, 0) is 9.59 Å². The summed E-state index contributed by atoms with van der Waals surface area (Å²) in [5.74, 6) is -1.05. The highest BCUT2D eigenvalue weighted by atomic mass is 16.4. The van der Waals surface area contributed by atoms with E-state index >= 15 is 0 Å². The van der Waals surface area contributed by atoms with Gasteiger partial charge in [-0.1, -0.05) is 20.3 Å². The Morgan fingerprint density at radius 3 is 2.53 bits per heavy atom. The zero-order valence-electron chi connectivity index (χ0n) is 10.7. The van der Waals surface area contributed by atoms with Crippen LogP contribution in [0.5, 0.6) is 0 Å². The number of nitrogens with one attached hydrogen (secondary N) is 1. The minimum atomic E-state index is -0.855. The number of carboxylic acids is 1. The highest BCUT2D eigenvalue weighted by molar-refractivity contribution is 5.83. The Morgan fingerprint density at radius 2 is 2.06 bits per heavy atom. The number of carbonyl (C=O) groups excluding carboxylic acids is 1. The van der Waals surface area contributed by atoms with Crippen molar-refractivity contribution in [3.8, 4) is 0 Å². The number of aliphatic carboxylic acids is 1. The SMILES string of the molecule is CC(C)C(N)C(=O)NC1CCCC1(C)C(=O)O. The summed E-state index contributed by atoms with van der Waals surface area (Å²) < 4.78 is 0. The van der Waals surface area contributed by atoms with Gasteiger partial charge in [0, 0.05) is 6.04 Å². The van der Waals surface area contributed by atoms with Crippen LogP contribution in [0.4, 0.5) is 0 Å². The minimum Gasteiger partial charge on any atom is -0.481 e. The zero-order chi connectivity index (χ0) is 13.2. The number of hydrogen-bond donors (Lipinski definition) is 3. The number of carbonyl (C=O) groups is 2. The average Bonchev–Trinajstić information content (AvgIpc) is 2.60. The van der Waals surface area contributed by atoms with E-state index in [2.05, 4.69) is 5.32 Å². The van der Waals surface area contributed by atoms with Gasteiger partial charge >= 0.3 is 5.97 Å². The number of hydrogen-bond acceptors (Lipinski definition) is 3. The molecular weight excluding hydrogens is 220 g/mol. The van der Waals surface area contributed by atoms with Crippen molar-refractivity contribution in [3.05, 3.63) is 0 Å². The maximum Gasteiger partial charge on any atom is 0.311 e. The molecule has 1 rings (SSSR count). The normalized spacial score (nSPS) is 30.3. The summed E-state index contributed by atoms with van der Waals surface area (Å²) in [6.07, 6.45) is 2.13. The molecule has 0 saturated heterocycles. The fourth-order valence-electron chi connectivity index (χ4n) is 2.22. The van der Waals surface area contributed by atoms with Gasteiger partial charge in [-0.3, -0.25) is 9.59 Å². The minimum absolute atomic E-state index is 0.0486. The first-order valence-corrected chi connectivity index (χ1v) is 6.08. The van der Waals surface area contributed by atoms with Crippen molar-refractivity contribution in [1.29, 1.82) is 0 Å². The summed E-state index contributed by atoms with van der Waals surface area (Å²) in [5, 5.41) is 12.0. The number of nitrogens with two attached hydrogens (primary N) is 1. The smallest absolute Gasteiger partial charge is 0.311 e. The van der Waals surface area contributed by atoms with Crippen LogP contribution in [0.3, 0.4) is 0 Å². The molecule has 1 saturated carbocycles. The summed E-state index contributed by atoms with van der Waals surface area (Å²) >= 11 is 0. The van der Waals surface area contributed by atoms with Crippen molar-refractivity contribution >= 4 is 11.9 Å². The molecule has 0 aromatic heterocycles. The molecule has 0 bridgehead atoms. The molecule has 17 heavy (non-hydrogen) atoms. The molecule has 3 atom stereocenters. The first-order chi connectivity index (χ1) is 7.79. The third-order valence-electron chi connectivity index (χ3n) is 3.78. The van der Waals surface area contributed by atoms with Gasteiger partial charge in [-0.05, 0) is 25.7 Å². The highest BCUT2D eigenvalue weighted by Gasteiger charge is 2.46. The van der Waals surface area contributed by atoms with Crippen LogP contribution < -0.4 is 11.1 Å². The molecule has 0 aromatic rings. The molecule has 1 aliphatic carbocycles. The number of rotatable bonds is 4.